The Morgan fingerprint density at radius 2 is 2.43 bits per heavy atom. The van der Waals surface area contributed by atoms with Gasteiger partial charge in [0.25, 0.3) is 0 Å². The molecule has 0 atom stereocenters. The fourth-order valence-corrected chi connectivity index (χ4v) is 1.57. The number of aromatic nitrogens is 1. The zero-order chi connectivity index (χ0) is 11.1. The van der Waals surface area contributed by atoms with Crippen LogP contribution in [0.5, 0.6) is 0 Å². The molecule has 14 heavy (non-hydrogen) atoms. The Balaban J connectivity index is 2.36. The maximum absolute atomic E-state index is 7.43. The summed E-state index contributed by atoms with van der Waals surface area (Å²) >= 11 is 3.26. The van der Waals surface area contributed by atoms with Crippen molar-refractivity contribution in [3.63, 3.8) is 0 Å². The number of nitrogens with zero attached hydrogens (tertiary/aromatic N) is 2. The summed E-state index contributed by atoms with van der Waals surface area (Å²) in [6.07, 6.45) is 1.82. The first kappa shape index (κ1) is 8.41. The molecule has 74 valence electrons. The molecule has 0 N–H and O–H groups in total. The predicted octanol–water partition coefficient (Wildman–Crippen LogP) is 2.40. The SMILES string of the molecule is [2H]c1ncc(C2=NC(C)(C)CO2)cc1Br. The Labute approximate surface area is 92.8 Å². The monoisotopic (exact) mass is 255 g/mol. The lowest BCUT2D eigenvalue weighted by Gasteiger charge is -2.07. The number of hydrogen-bond donors (Lipinski definition) is 0. The number of ether oxygens (including phenoxy) is 1. The third-order valence-electron chi connectivity index (χ3n) is 1.87. The van der Waals surface area contributed by atoms with Crippen LogP contribution in [0.4, 0.5) is 0 Å². The van der Waals surface area contributed by atoms with Crippen LogP contribution in [0.1, 0.15) is 20.8 Å². The largest absolute Gasteiger partial charge is 0.475 e. The summed E-state index contributed by atoms with van der Waals surface area (Å²) in [7, 11) is 0. The van der Waals surface area contributed by atoms with Crippen molar-refractivity contribution in [3.8, 4) is 0 Å². The van der Waals surface area contributed by atoms with Crippen molar-refractivity contribution < 1.29 is 6.11 Å². The first-order valence-electron chi connectivity index (χ1n) is 4.83. The molecule has 0 saturated carbocycles. The van der Waals surface area contributed by atoms with Crippen LogP contribution in [0, 0.1) is 0 Å². The first-order chi connectivity index (χ1) is 6.98. The number of halogens is 1. The summed E-state index contributed by atoms with van der Waals surface area (Å²) in [6.45, 7) is 4.62. The molecule has 1 aliphatic heterocycles. The third-order valence-corrected chi connectivity index (χ3v) is 2.28. The average Bonchev–Trinajstić information content (AvgIpc) is 2.51. The number of rotatable bonds is 1. The minimum Gasteiger partial charge on any atom is -0.475 e. The van der Waals surface area contributed by atoms with E-state index in [9.17, 15) is 0 Å². The second kappa shape index (κ2) is 3.35. The normalized spacial score (nSPS) is 19.9. The number of aliphatic imine (C=N–C) groups is 1. The van der Waals surface area contributed by atoms with Gasteiger partial charge in [0, 0.05) is 16.8 Å². The molecule has 0 unspecified atom stereocenters. The molecule has 4 heteroatoms. The van der Waals surface area contributed by atoms with Crippen LogP contribution in [0.2, 0.25) is 0 Å². The number of pyridine rings is 1. The molecule has 1 aliphatic rings. The van der Waals surface area contributed by atoms with Crippen LogP contribution in [-0.2, 0) is 4.74 Å². The maximum atomic E-state index is 7.43. The second-order valence-electron chi connectivity index (χ2n) is 3.84. The molecular weight excluding hydrogens is 244 g/mol. The summed E-state index contributed by atoms with van der Waals surface area (Å²) in [4.78, 5) is 8.36. The Morgan fingerprint density at radius 1 is 1.64 bits per heavy atom. The van der Waals surface area contributed by atoms with Crippen LogP contribution >= 0.6 is 15.9 Å². The highest BCUT2D eigenvalue weighted by atomic mass is 79.9. The van der Waals surface area contributed by atoms with E-state index in [4.69, 9.17) is 6.11 Å². The Kier molecular flexibility index (Phi) is 2.01. The van der Waals surface area contributed by atoms with Crippen molar-refractivity contribution in [1.82, 2.24) is 4.98 Å². The molecule has 2 heterocycles. The first-order valence-corrected chi connectivity index (χ1v) is 5.12. The molecular formula is C10H11BrN2O. The molecule has 0 spiro atoms. The van der Waals surface area contributed by atoms with Gasteiger partial charge in [-0.2, -0.15) is 0 Å². The van der Waals surface area contributed by atoms with Gasteiger partial charge in [-0.15, -0.1) is 0 Å². The highest BCUT2D eigenvalue weighted by molar-refractivity contribution is 9.10. The molecule has 0 amide bonds. The molecule has 3 nitrogen and oxygen atoms in total. The van der Waals surface area contributed by atoms with Gasteiger partial charge in [0.15, 0.2) is 0 Å². The maximum Gasteiger partial charge on any atom is 0.218 e. The van der Waals surface area contributed by atoms with Gasteiger partial charge in [-0.25, -0.2) is 4.99 Å². The lowest BCUT2D eigenvalue weighted by atomic mass is 10.1. The standard InChI is InChI=1S/C10H11BrN2O/c1-10(2)6-14-9(13-10)7-3-8(11)5-12-4-7/h3-5H,6H2,1-2H3/i5D. The van der Waals surface area contributed by atoms with Gasteiger partial charge in [0.2, 0.25) is 5.90 Å². The Morgan fingerprint density at radius 3 is 3.00 bits per heavy atom. The van der Waals surface area contributed by atoms with Crippen LogP contribution in [0.3, 0.4) is 0 Å². The molecule has 0 aliphatic carbocycles. The minimum atomic E-state index is -0.165. The van der Waals surface area contributed by atoms with Crippen molar-refractivity contribution in [2.45, 2.75) is 19.4 Å². The predicted molar refractivity (Wildman–Crippen MR) is 58.5 cm³/mol. The highest BCUT2D eigenvalue weighted by Gasteiger charge is 2.27. The lowest BCUT2D eigenvalue weighted by Crippen LogP contribution is -2.17. The van der Waals surface area contributed by atoms with Crippen LogP contribution < -0.4 is 0 Å². The van der Waals surface area contributed by atoms with Gasteiger partial charge >= 0.3 is 0 Å². The van der Waals surface area contributed by atoms with E-state index in [-0.39, 0.29) is 11.7 Å². The van der Waals surface area contributed by atoms with Crippen LogP contribution in [-0.4, -0.2) is 23.0 Å². The van der Waals surface area contributed by atoms with E-state index >= 15 is 0 Å². The summed E-state index contributed by atoms with van der Waals surface area (Å²) in [5.74, 6) is 0.605. The van der Waals surface area contributed by atoms with Crippen LogP contribution in [0.25, 0.3) is 0 Å². The van der Waals surface area contributed by atoms with Crippen molar-refractivity contribution in [3.05, 3.63) is 28.5 Å². The van der Waals surface area contributed by atoms with Gasteiger partial charge < -0.3 is 4.74 Å². The molecule has 0 radical (unpaired) electrons. The Hall–Kier alpha value is -0.900. The summed E-state index contributed by atoms with van der Waals surface area (Å²) in [5.41, 5.74) is 0.644. The topological polar surface area (TPSA) is 34.5 Å². The second-order valence-corrected chi connectivity index (χ2v) is 4.69. The van der Waals surface area contributed by atoms with Gasteiger partial charge in [-0.3, -0.25) is 4.98 Å². The summed E-state index contributed by atoms with van der Waals surface area (Å²) in [5, 5.41) is 0. The van der Waals surface area contributed by atoms with E-state index < -0.39 is 0 Å². The third kappa shape index (κ3) is 1.95. The van der Waals surface area contributed by atoms with E-state index in [0.717, 1.165) is 5.56 Å². The van der Waals surface area contributed by atoms with E-state index in [1.165, 1.54) is 0 Å². The van der Waals surface area contributed by atoms with E-state index in [1.807, 2.05) is 13.8 Å². The van der Waals surface area contributed by atoms with E-state index in [2.05, 4.69) is 25.9 Å². The van der Waals surface area contributed by atoms with Gasteiger partial charge in [-0.1, -0.05) is 0 Å². The molecule has 0 fully saturated rings. The average molecular weight is 256 g/mol. The van der Waals surface area contributed by atoms with Crippen molar-refractivity contribution in [2.24, 2.45) is 4.99 Å². The summed E-state index contributed by atoms with van der Waals surface area (Å²) in [6, 6.07) is 1.80. The smallest absolute Gasteiger partial charge is 0.218 e. The van der Waals surface area contributed by atoms with E-state index in [0.29, 0.717) is 17.0 Å². The van der Waals surface area contributed by atoms with Gasteiger partial charge in [0.05, 0.1) is 12.5 Å². The fourth-order valence-electron chi connectivity index (χ4n) is 1.22. The zero-order valence-electron chi connectivity index (χ0n) is 9.04. The number of hydrogen-bond acceptors (Lipinski definition) is 3. The van der Waals surface area contributed by atoms with Crippen molar-refractivity contribution >= 4 is 21.8 Å². The Bertz CT molecular complexity index is 431. The molecule has 2 rings (SSSR count). The molecule has 1 aromatic heterocycles. The highest BCUT2D eigenvalue weighted by Crippen LogP contribution is 2.21. The summed E-state index contributed by atoms with van der Waals surface area (Å²) < 4.78 is 13.6. The molecule has 1 aromatic rings. The van der Waals surface area contributed by atoms with Crippen LogP contribution in [0.15, 0.2) is 27.9 Å². The fraction of sp³-hybridized carbons (Fsp3) is 0.400. The minimum absolute atomic E-state index is 0.165. The van der Waals surface area contributed by atoms with Crippen molar-refractivity contribution in [1.29, 1.82) is 0 Å². The lowest BCUT2D eigenvalue weighted by molar-refractivity contribution is 0.279. The van der Waals surface area contributed by atoms with Gasteiger partial charge in [-0.05, 0) is 35.8 Å². The quantitative estimate of drug-likeness (QED) is 0.773. The van der Waals surface area contributed by atoms with E-state index in [1.54, 1.807) is 12.3 Å². The molecule has 0 bridgehead atoms. The molecule has 0 saturated heterocycles. The van der Waals surface area contributed by atoms with Gasteiger partial charge in [0.1, 0.15) is 6.61 Å². The van der Waals surface area contributed by atoms with Crippen molar-refractivity contribution in [2.75, 3.05) is 6.61 Å². The zero-order valence-corrected chi connectivity index (χ0v) is 9.63. The molecule has 0 aromatic carbocycles.